The van der Waals surface area contributed by atoms with E-state index in [2.05, 4.69) is 15.0 Å². The Labute approximate surface area is 137 Å². The molecule has 3 heterocycles. The lowest BCUT2D eigenvalue weighted by Gasteiger charge is -2.18. The third-order valence-electron chi connectivity index (χ3n) is 3.86. The number of nitrogens with zero attached hydrogens (tertiary/aromatic N) is 4. The average molecular weight is 335 g/mol. The van der Waals surface area contributed by atoms with Gasteiger partial charge in [0.2, 0.25) is 0 Å². The van der Waals surface area contributed by atoms with Crippen molar-refractivity contribution < 1.29 is 15.0 Å². The minimum atomic E-state index is -1.08. The Balaban J connectivity index is 1.74. The van der Waals surface area contributed by atoms with E-state index in [-0.39, 0.29) is 16.5 Å². The Kier molecular flexibility index (Phi) is 4.40. The van der Waals surface area contributed by atoms with Gasteiger partial charge in [0.1, 0.15) is 5.82 Å². The second-order valence-corrected chi connectivity index (χ2v) is 5.88. The quantitative estimate of drug-likeness (QED) is 0.868. The largest absolute Gasteiger partial charge is 0.478 e. The maximum Gasteiger partial charge on any atom is 0.337 e. The predicted molar refractivity (Wildman–Crippen MR) is 83.7 cm³/mol. The van der Waals surface area contributed by atoms with Crippen molar-refractivity contribution in [2.24, 2.45) is 5.92 Å². The molecular weight excluding hydrogens is 320 g/mol. The summed E-state index contributed by atoms with van der Waals surface area (Å²) in [5.74, 6) is -0.603. The molecule has 1 aliphatic heterocycles. The van der Waals surface area contributed by atoms with E-state index < -0.39 is 12.1 Å². The van der Waals surface area contributed by atoms with Gasteiger partial charge in [-0.1, -0.05) is 11.6 Å². The first-order valence-corrected chi connectivity index (χ1v) is 7.49. The highest BCUT2D eigenvalue weighted by Crippen LogP contribution is 2.30. The van der Waals surface area contributed by atoms with Crippen LogP contribution in [-0.4, -0.2) is 50.3 Å². The monoisotopic (exact) mass is 334 g/mol. The highest BCUT2D eigenvalue weighted by molar-refractivity contribution is 6.33. The van der Waals surface area contributed by atoms with Crippen molar-refractivity contribution in [3.05, 3.63) is 47.1 Å². The van der Waals surface area contributed by atoms with Gasteiger partial charge in [0.05, 0.1) is 22.4 Å². The molecule has 0 aromatic carbocycles. The fourth-order valence-corrected chi connectivity index (χ4v) is 3.00. The fourth-order valence-electron chi connectivity index (χ4n) is 2.71. The van der Waals surface area contributed by atoms with Gasteiger partial charge in [-0.05, 0) is 12.5 Å². The predicted octanol–water partition coefficient (Wildman–Crippen LogP) is 1.26. The summed E-state index contributed by atoms with van der Waals surface area (Å²) in [6.07, 6.45) is 6.25. The van der Waals surface area contributed by atoms with Crippen LogP contribution >= 0.6 is 11.6 Å². The second kappa shape index (κ2) is 6.47. The standard InChI is InChI=1S/C15H15ClN4O3/c16-12-4-9(15(22)23)5-19-14(12)20-7-10(13(21)8-20)3-11-6-17-1-2-18-11/h1-2,4-6,10,13,21H,3,7-8H2,(H,22,23)/t10-,13-/m1/s1. The number of pyridine rings is 1. The number of aromatic nitrogens is 3. The summed E-state index contributed by atoms with van der Waals surface area (Å²) in [6.45, 7) is 0.959. The molecule has 0 amide bonds. The molecule has 0 radical (unpaired) electrons. The summed E-state index contributed by atoms with van der Waals surface area (Å²) < 4.78 is 0. The molecule has 3 rings (SSSR count). The van der Waals surface area contributed by atoms with Gasteiger partial charge < -0.3 is 15.1 Å². The lowest BCUT2D eigenvalue weighted by atomic mass is 10.0. The van der Waals surface area contributed by atoms with Crippen LogP contribution in [0.4, 0.5) is 5.82 Å². The van der Waals surface area contributed by atoms with Gasteiger partial charge in [-0.3, -0.25) is 9.97 Å². The minimum Gasteiger partial charge on any atom is -0.478 e. The number of hydrogen-bond acceptors (Lipinski definition) is 6. The van der Waals surface area contributed by atoms with Gasteiger partial charge in [-0.2, -0.15) is 0 Å². The number of β-amino-alcohol motifs (C(OH)–C–C–N with tert-alkyl or cyclic N) is 1. The summed E-state index contributed by atoms with van der Waals surface area (Å²) in [5.41, 5.74) is 0.855. The van der Waals surface area contributed by atoms with E-state index in [0.29, 0.717) is 25.3 Å². The summed E-state index contributed by atoms with van der Waals surface area (Å²) in [6, 6.07) is 1.37. The molecule has 1 saturated heterocycles. The first-order valence-electron chi connectivity index (χ1n) is 7.11. The van der Waals surface area contributed by atoms with E-state index in [1.54, 1.807) is 18.6 Å². The molecule has 2 aromatic rings. The van der Waals surface area contributed by atoms with Crippen molar-refractivity contribution >= 4 is 23.4 Å². The molecule has 0 bridgehead atoms. The molecule has 1 aliphatic rings. The van der Waals surface area contributed by atoms with Gasteiger partial charge in [-0.15, -0.1) is 0 Å². The van der Waals surface area contributed by atoms with Crippen LogP contribution in [0.3, 0.4) is 0 Å². The average Bonchev–Trinajstić information content (AvgIpc) is 2.89. The second-order valence-electron chi connectivity index (χ2n) is 5.47. The van der Waals surface area contributed by atoms with Gasteiger partial charge in [-0.25, -0.2) is 9.78 Å². The van der Waals surface area contributed by atoms with E-state index in [1.165, 1.54) is 12.3 Å². The number of carboxylic acids is 1. The summed E-state index contributed by atoms with van der Waals surface area (Å²) in [5, 5.41) is 19.5. The van der Waals surface area contributed by atoms with Crippen molar-refractivity contribution in [2.45, 2.75) is 12.5 Å². The zero-order valence-corrected chi connectivity index (χ0v) is 12.9. The number of rotatable bonds is 4. The van der Waals surface area contributed by atoms with Crippen molar-refractivity contribution in [3.63, 3.8) is 0 Å². The highest BCUT2D eigenvalue weighted by Gasteiger charge is 2.33. The zero-order valence-electron chi connectivity index (χ0n) is 12.1. The molecule has 2 atom stereocenters. The summed E-state index contributed by atoms with van der Waals surface area (Å²) in [7, 11) is 0. The topological polar surface area (TPSA) is 99.4 Å². The van der Waals surface area contributed by atoms with Crippen molar-refractivity contribution in [2.75, 3.05) is 18.0 Å². The molecule has 0 aliphatic carbocycles. The van der Waals surface area contributed by atoms with Crippen molar-refractivity contribution in [1.82, 2.24) is 15.0 Å². The fraction of sp³-hybridized carbons (Fsp3) is 0.333. The molecule has 2 aromatic heterocycles. The van der Waals surface area contributed by atoms with E-state index in [1.807, 2.05) is 4.90 Å². The van der Waals surface area contributed by atoms with Crippen LogP contribution in [0.1, 0.15) is 16.1 Å². The number of carboxylic acid groups (broad SMARTS) is 1. The Bertz CT molecular complexity index is 713. The first kappa shape index (κ1) is 15.6. The Hall–Kier alpha value is -2.25. The van der Waals surface area contributed by atoms with E-state index >= 15 is 0 Å². The smallest absolute Gasteiger partial charge is 0.337 e. The van der Waals surface area contributed by atoms with Crippen LogP contribution in [0.15, 0.2) is 30.9 Å². The molecule has 8 heteroatoms. The van der Waals surface area contributed by atoms with Gasteiger partial charge in [0.25, 0.3) is 0 Å². The van der Waals surface area contributed by atoms with Crippen LogP contribution in [0, 0.1) is 5.92 Å². The Morgan fingerprint density at radius 2 is 2.13 bits per heavy atom. The lowest BCUT2D eigenvalue weighted by molar-refractivity contribution is 0.0696. The molecule has 2 N–H and O–H groups in total. The van der Waals surface area contributed by atoms with Crippen LogP contribution < -0.4 is 4.90 Å². The van der Waals surface area contributed by atoms with Gasteiger partial charge in [0.15, 0.2) is 0 Å². The Morgan fingerprint density at radius 3 is 2.78 bits per heavy atom. The highest BCUT2D eigenvalue weighted by atomic mass is 35.5. The number of halogens is 1. The molecular formula is C15H15ClN4O3. The zero-order chi connectivity index (χ0) is 16.4. The summed E-state index contributed by atoms with van der Waals surface area (Å²) in [4.78, 5) is 25.2. The first-order chi connectivity index (χ1) is 11.0. The summed E-state index contributed by atoms with van der Waals surface area (Å²) >= 11 is 6.14. The van der Waals surface area contributed by atoms with Crippen LogP contribution in [0.5, 0.6) is 0 Å². The third-order valence-corrected chi connectivity index (χ3v) is 4.14. The molecule has 1 fully saturated rings. The number of carbonyl (C=O) groups is 1. The van der Waals surface area contributed by atoms with E-state index in [9.17, 15) is 9.90 Å². The number of aliphatic hydroxyl groups is 1. The SMILES string of the molecule is O=C(O)c1cnc(N2C[C@@H](Cc3cnccn3)[C@H](O)C2)c(Cl)c1. The van der Waals surface area contributed by atoms with Crippen LogP contribution in [0.2, 0.25) is 5.02 Å². The molecule has 0 spiro atoms. The van der Waals surface area contributed by atoms with Gasteiger partial charge >= 0.3 is 5.97 Å². The number of aromatic carboxylic acids is 1. The maximum absolute atomic E-state index is 10.9. The number of aliphatic hydroxyl groups excluding tert-OH is 1. The normalized spacial score (nSPS) is 20.7. The van der Waals surface area contributed by atoms with Crippen molar-refractivity contribution in [1.29, 1.82) is 0 Å². The van der Waals surface area contributed by atoms with Crippen LogP contribution in [0.25, 0.3) is 0 Å². The molecule has 7 nitrogen and oxygen atoms in total. The Morgan fingerprint density at radius 1 is 1.30 bits per heavy atom. The van der Waals surface area contributed by atoms with E-state index in [0.717, 1.165) is 5.69 Å². The van der Waals surface area contributed by atoms with Gasteiger partial charge in [0, 0.05) is 43.8 Å². The molecule has 0 saturated carbocycles. The van der Waals surface area contributed by atoms with Crippen LogP contribution in [-0.2, 0) is 6.42 Å². The minimum absolute atomic E-state index is 0.0104. The third kappa shape index (κ3) is 3.40. The molecule has 23 heavy (non-hydrogen) atoms. The number of hydrogen-bond donors (Lipinski definition) is 2. The van der Waals surface area contributed by atoms with Crippen molar-refractivity contribution in [3.8, 4) is 0 Å². The number of anilines is 1. The molecule has 0 unspecified atom stereocenters. The maximum atomic E-state index is 10.9. The van der Waals surface area contributed by atoms with E-state index in [4.69, 9.17) is 16.7 Å². The lowest BCUT2D eigenvalue weighted by Crippen LogP contribution is -2.22. The molecule has 120 valence electrons.